The molecule has 2 aromatic rings. The summed E-state index contributed by atoms with van der Waals surface area (Å²) in [5.41, 5.74) is 1.91. The molecule has 26 heavy (non-hydrogen) atoms. The zero-order chi connectivity index (χ0) is 18.4. The van der Waals surface area contributed by atoms with Gasteiger partial charge in [-0.3, -0.25) is 14.5 Å². The van der Waals surface area contributed by atoms with Crippen molar-refractivity contribution in [2.45, 2.75) is 25.4 Å². The molecule has 3 rings (SSSR count). The third-order valence-electron chi connectivity index (χ3n) is 4.54. The van der Waals surface area contributed by atoms with Crippen LogP contribution in [0.3, 0.4) is 0 Å². The minimum atomic E-state index is -0.681. The molecule has 1 aliphatic heterocycles. The van der Waals surface area contributed by atoms with Crippen molar-refractivity contribution in [1.29, 1.82) is 0 Å². The zero-order valence-corrected chi connectivity index (χ0v) is 15.2. The molecule has 0 bridgehead atoms. The fourth-order valence-electron chi connectivity index (χ4n) is 3.11. The number of nitrogens with one attached hydrogen (secondary N) is 2. The first-order chi connectivity index (χ1) is 12.6. The van der Waals surface area contributed by atoms with Crippen LogP contribution in [0.5, 0.6) is 0 Å². The van der Waals surface area contributed by atoms with Crippen molar-refractivity contribution in [3.63, 3.8) is 0 Å². The third kappa shape index (κ3) is 4.89. The molecule has 138 valence electrons. The van der Waals surface area contributed by atoms with Crippen molar-refractivity contribution in [3.8, 4) is 0 Å². The van der Waals surface area contributed by atoms with E-state index in [9.17, 15) is 14.0 Å². The summed E-state index contributed by atoms with van der Waals surface area (Å²) >= 11 is 1.63. The molecule has 0 saturated carbocycles. The molecule has 0 radical (unpaired) electrons. The molecule has 7 heteroatoms. The summed E-state index contributed by atoms with van der Waals surface area (Å²) in [5, 5.41) is 9.42. The lowest BCUT2D eigenvalue weighted by molar-refractivity contribution is -0.139. The first-order valence-electron chi connectivity index (χ1n) is 8.70. The van der Waals surface area contributed by atoms with Gasteiger partial charge in [0.05, 0.1) is 6.04 Å². The predicted octanol–water partition coefficient (Wildman–Crippen LogP) is 2.46. The summed E-state index contributed by atoms with van der Waals surface area (Å²) in [4.78, 5) is 26.4. The van der Waals surface area contributed by atoms with Crippen molar-refractivity contribution >= 4 is 23.2 Å². The number of rotatable bonds is 6. The molecule has 0 spiro atoms. The number of hydrogen-bond donors (Lipinski definition) is 2. The molecule has 1 atom stereocenters. The number of halogens is 1. The van der Waals surface area contributed by atoms with Crippen LogP contribution in [0.1, 0.15) is 30.0 Å². The van der Waals surface area contributed by atoms with Crippen LogP contribution in [0, 0.1) is 5.82 Å². The monoisotopic (exact) mass is 375 g/mol. The maximum atomic E-state index is 12.9. The number of amides is 2. The zero-order valence-electron chi connectivity index (χ0n) is 14.4. The molecule has 1 aliphatic rings. The number of carbonyl (C=O) groups is 2. The maximum Gasteiger partial charge on any atom is 0.309 e. The second-order valence-electron chi connectivity index (χ2n) is 6.33. The summed E-state index contributed by atoms with van der Waals surface area (Å²) in [6.07, 6.45) is 2.32. The van der Waals surface area contributed by atoms with Crippen LogP contribution in [0.2, 0.25) is 0 Å². The van der Waals surface area contributed by atoms with E-state index in [-0.39, 0.29) is 18.4 Å². The summed E-state index contributed by atoms with van der Waals surface area (Å²) in [6.45, 7) is 2.60. The molecule has 1 aromatic carbocycles. The molecule has 0 aliphatic carbocycles. The highest BCUT2D eigenvalue weighted by Crippen LogP contribution is 2.26. The van der Waals surface area contributed by atoms with Crippen LogP contribution in [-0.2, 0) is 16.1 Å². The fraction of sp³-hybridized carbons (Fsp3) is 0.368. The van der Waals surface area contributed by atoms with Gasteiger partial charge in [-0.05, 0) is 66.0 Å². The van der Waals surface area contributed by atoms with E-state index in [0.717, 1.165) is 31.5 Å². The van der Waals surface area contributed by atoms with Crippen molar-refractivity contribution in [1.82, 2.24) is 15.5 Å². The minimum Gasteiger partial charge on any atom is -0.346 e. The molecule has 2 amide bonds. The second kappa shape index (κ2) is 8.91. The lowest BCUT2D eigenvalue weighted by Gasteiger charge is -2.27. The van der Waals surface area contributed by atoms with Crippen LogP contribution in [0.25, 0.3) is 0 Å². The normalized spacial score (nSPS) is 15.6. The van der Waals surface area contributed by atoms with E-state index >= 15 is 0 Å². The number of likely N-dealkylation sites (tertiary alicyclic amines) is 1. The lowest BCUT2D eigenvalue weighted by Crippen LogP contribution is -2.43. The highest BCUT2D eigenvalue weighted by atomic mass is 32.1. The molecule has 1 saturated heterocycles. The Hall–Kier alpha value is -2.25. The van der Waals surface area contributed by atoms with E-state index in [1.54, 1.807) is 23.5 Å². The average Bonchev–Trinajstić information content (AvgIpc) is 3.35. The van der Waals surface area contributed by atoms with Crippen LogP contribution >= 0.6 is 11.3 Å². The Morgan fingerprint density at radius 2 is 1.77 bits per heavy atom. The Morgan fingerprint density at radius 3 is 2.42 bits per heavy atom. The Balaban J connectivity index is 1.51. The van der Waals surface area contributed by atoms with Crippen LogP contribution in [0.15, 0.2) is 41.1 Å². The number of nitrogens with zero attached hydrogens (tertiary/aromatic N) is 1. The fourth-order valence-corrected chi connectivity index (χ4v) is 3.82. The highest BCUT2D eigenvalue weighted by molar-refractivity contribution is 7.07. The average molecular weight is 375 g/mol. The van der Waals surface area contributed by atoms with Crippen LogP contribution in [0.4, 0.5) is 4.39 Å². The molecule has 5 nitrogen and oxygen atoms in total. The number of hydrogen-bond acceptors (Lipinski definition) is 4. The molecule has 1 aromatic heterocycles. The van der Waals surface area contributed by atoms with Gasteiger partial charge in [0.25, 0.3) is 0 Å². The van der Waals surface area contributed by atoms with E-state index in [2.05, 4.69) is 27.0 Å². The minimum absolute atomic E-state index is 0.0950. The molecule has 2 N–H and O–H groups in total. The van der Waals surface area contributed by atoms with Gasteiger partial charge in [0, 0.05) is 13.1 Å². The van der Waals surface area contributed by atoms with E-state index in [4.69, 9.17) is 0 Å². The number of carbonyl (C=O) groups excluding carboxylic acids is 2. The molecule has 2 heterocycles. The van der Waals surface area contributed by atoms with Crippen molar-refractivity contribution in [2.24, 2.45) is 0 Å². The van der Waals surface area contributed by atoms with Crippen LogP contribution < -0.4 is 10.6 Å². The van der Waals surface area contributed by atoms with E-state index in [1.165, 1.54) is 17.7 Å². The van der Waals surface area contributed by atoms with Gasteiger partial charge in [0.2, 0.25) is 0 Å². The standard InChI is InChI=1S/C19H22FN3O2S/c20-16-5-3-14(4-6-16)11-21-18(24)19(25)22-12-17(15-7-10-26-13-15)23-8-1-2-9-23/h3-7,10,13,17H,1-2,8-9,11-12H2,(H,21,24)(H,22,25)/t17-/m1/s1. The largest absolute Gasteiger partial charge is 0.346 e. The van der Waals surface area contributed by atoms with Gasteiger partial charge in [-0.25, -0.2) is 4.39 Å². The van der Waals surface area contributed by atoms with Crippen molar-refractivity contribution in [3.05, 3.63) is 58.0 Å². The summed E-state index contributed by atoms with van der Waals surface area (Å²) in [6, 6.07) is 7.96. The summed E-state index contributed by atoms with van der Waals surface area (Å²) in [7, 11) is 0. The van der Waals surface area contributed by atoms with Crippen LogP contribution in [-0.4, -0.2) is 36.3 Å². The third-order valence-corrected chi connectivity index (χ3v) is 5.24. The molecule has 1 fully saturated rings. The Labute approximate surface area is 156 Å². The van der Waals surface area contributed by atoms with E-state index in [1.807, 2.05) is 5.38 Å². The topological polar surface area (TPSA) is 61.4 Å². The molecular formula is C19H22FN3O2S. The van der Waals surface area contributed by atoms with Gasteiger partial charge < -0.3 is 10.6 Å². The Morgan fingerprint density at radius 1 is 1.08 bits per heavy atom. The number of benzene rings is 1. The highest BCUT2D eigenvalue weighted by Gasteiger charge is 2.25. The van der Waals surface area contributed by atoms with Gasteiger partial charge in [-0.15, -0.1) is 0 Å². The first kappa shape index (κ1) is 18.5. The summed E-state index contributed by atoms with van der Waals surface area (Å²) < 4.78 is 12.9. The Kier molecular flexibility index (Phi) is 6.35. The molecular weight excluding hydrogens is 353 g/mol. The number of thiophene rings is 1. The smallest absolute Gasteiger partial charge is 0.309 e. The summed E-state index contributed by atoms with van der Waals surface area (Å²) in [5.74, 6) is -1.66. The SMILES string of the molecule is O=C(NCc1ccc(F)cc1)C(=O)NC[C@H](c1ccsc1)N1CCCC1. The van der Waals surface area contributed by atoms with Crippen molar-refractivity contribution in [2.75, 3.05) is 19.6 Å². The van der Waals surface area contributed by atoms with E-state index < -0.39 is 11.8 Å². The Bertz CT molecular complexity index is 728. The maximum absolute atomic E-state index is 12.9. The van der Waals surface area contributed by atoms with Gasteiger partial charge in [-0.2, -0.15) is 11.3 Å². The van der Waals surface area contributed by atoms with Crippen molar-refractivity contribution < 1.29 is 14.0 Å². The van der Waals surface area contributed by atoms with Gasteiger partial charge >= 0.3 is 11.8 Å². The quantitative estimate of drug-likeness (QED) is 0.763. The van der Waals surface area contributed by atoms with Gasteiger partial charge in [0.15, 0.2) is 0 Å². The lowest BCUT2D eigenvalue weighted by atomic mass is 10.1. The van der Waals surface area contributed by atoms with E-state index in [0.29, 0.717) is 6.54 Å². The first-order valence-corrected chi connectivity index (χ1v) is 9.64. The predicted molar refractivity (Wildman–Crippen MR) is 99.1 cm³/mol. The van der Waals surface area contributed by atoms with Gasteiger partial charge in [-0.1, -0.05) is 12.1 Å². The molecule has 0 unspecified atom stereocenters. The second-order valence-corrected chi connectivity index (χ2v) is 7.11. The van der Waals surface area contributed by atoms with Gasteiger partial charge in [0.1, 0.15) is 5.82 Å².